The molecule has 1 nitrogen and oxygen atoms in total. The molecule has 1 atom stereocenters. The van der Waals surface area contributed by atoms with Crippen molar-refractivity contribution < 1.29 is 31.1 Å². The Kier molecular flexibility index (Phi) is 7.08. The number of alkyl halides is 6. The molecule has 0 bridgehead atoms. The number of hydrogen-bond donors (Lipinski definition) is 0. The van der Waals surface area contributed by atoms with Gasteiger partial charge in [0.05, 0.1) is 0 Å². The van der Waals surface area contributed by atoms with Gasteiger partial charge in [0, 0.05) is 5.56 Å². The van der Waals surface area contributed by atoms with Crippen LogP contribution >= 0.6 is 0 Å². The minimum atomic E-state index is -5.73. The van der Waals surface area contributed by atoms with E-state index in [-0.39, 0.29) is 11.3 Å². The van der Waals surface area contributed by atoms with Crippen molar-refractivity contribution >= 4 is 0 Å². The van der Waals surface area contributed by atoms with E-state index in [9.17, 15) is 26.3 Å². The molecule has 2 aromatic rings. The third-order valence-corrected chi connectivity index (χ3v) is 5.28. The summed E-state index contributed by atoms with van der Waals surface area (Å²) in [5, 5.41) is 0. The molecular formula is C24H28F6O. The SMILES string of the molecule is CC(C)CC(c1ccc(OC(c2ccccc2)(C(F)(F)F)C(F)(F)F)cc1)C(C)(C)C. The number of ether oxygens (including phenoxy) is 1. The van der Waals surface area contributed by atoms with Crippen molar-refractivity contribution in [2.75, 3.05) is 0 Å². The van der Waals surface area contributed by atoms with Crippen LogP contribution in [-0.4, -0.2) is 12.4 Å². The standard InChI is InChI=1S/C24H28F6O/c1-16(2)15-20(21(3,4)5)17-11-13-19(14-12-17)31-22(23(25,26)27,24(28,29)30)18-9-7-6-8-10-18/h6-14,16,20H,15H2,1-5H3. The summed E-state index contributed by atoms with van der Waals surface area (Å²) in [5.74, 6) is -0.0357. The lowest BCUT2D eigenvalue weighted by atomic mass is 9.72. The average Bonchev–Trinajstić information content (AvgIpc) is 2.62. The maximum Gasteiger partial charge on any atom is 0.442 e. The van der Waals surface area contributed by atoms with Crippen LogP contribution in [0.3, 0.4) is 0 Å². The molecule has 0 aromatic heterocycles. The van der Waals surface area contributed by atoms with Gasteiger partial charge in [0.2, 0.25) is 0 Å². The maximum atomic E-state index is 13.9. The Morgan fingerprint density at radius 3 is 1.61 bits per heavy atom. The molecule has 0 aliphatic carbocycles. The van der Waals surface area contributed by atoms with Crippen molar-refractivity contribution in [3.63, 3.8) is 0 Å². The van der Waals surface area contributed by atoms with Crippen molar-refractivity contribution in [1.29, 1.82) is 0 Å². The number of hydrogen-bond acceptors (Lipinski definition) is 1. The fourth-order valence-corrected chi connectivity index (χ4v) is 3.74. The van der Waals surface area contributed by atoms with Gasteiger partial charge in [0.25, 0.3) is 0 Å². The highest BCUT2D eigenvalue weighted by atomic mass is 19.4. The van der Waals surface area contributed by atoms with Gasteiger partial charge in [-0.3, -0.25) is 0 Å². The van der Waals surface area contributed by atoms with E-state index in [0.717, 1.165) is 36.2 Å². The highest BCUT2D eigenvalue weighted by molar-refractivity contribution is 5.34. The first-order chi connectivity index (χ1) is 14.1. The first-order valence-electron chi connectivity index (χ1n) is 10.1. The minimum Gasteiger partial charge on any atom is -0.464 e. The zero-order valence-electron chi connectivity index (χ0n) is 18.2. The highest BCUT2D eigenvalue weighted by Gasteiger charge is 2.74. The van der Waals surface area contributed by atoms with E-state index in [4.69, 9.17) is 4.74 Å². The van der Waals surface area contributed by atoms with E-state index in [2.05, 4.69) is 34.6 Å². The average molecular weight is 446 g/mol. The van der Waals surface area contributed by atoms with Gasteiger partial charge in [-0.15, -0.1) is 0 Å². The normalized spacial score (nSPS) is 14.6. The lowest BCUT2D eigenvalue weighted by Crippen LogP contribution is -2.58. The Balaban J connectivity index is 2.52. The molecule has 0 heterocycles. The van der Waals surface area contributed by atoms with Crippen molar-refractivity contribution in [3.05, 3.63) is 65.7 Å². The van der Waals surface area contributed by atoms with E-state index in [1.165, 1.54) is 18.2 Å². The smallest absolute Gasteiger partial charge is 0.442 e. The van der Waals surface area contributed by atoms with Crippen LogP contribution in [0.5, 0.6) is 5.75 Å². The van der Waals surface area contributed by atoms with Crippen LogP contribution < -0.4 is 4.74 Å². The zero-order valence-corrected chi connectivity index (χ0v) is 18.2. The predicted molar refractivity (Wildman–Crippen MR) is 109 cm³/mol. The summed E-state index contributed by atoms with van der Waals surface area (Å²) in [5.41, 5.74) is -4.77. The van der Waals surface area contributed by atoms with Crippen LogP contribution in [0.4, 0.5) is 26.3 Å². The lowest BCUT2D eigenvalue weighted by Gasteiger charge is -2.38. The van der Waals surface area contributed by atoms with Gasteiger partial charge in [-0.2, -0.15) is 26.3 Å². The molecule has 0 saturated carbocycles. The van der Waals surface area contributed by atoms with Gasteiger partial charge in [0.1, 0.15) is 5.75 Å². The second-order valence-corrected chi connectivity index (χ2v) is 9.26. The predicted octanol–water partition coefficient (Wildman–Crippen LogP) is 8.26. The van der Waals surface area contributed by atoms with Gasteiger partial charge in [-0.1, -0.05) is 77.1 Å². The first-order valence-corrected chi connectivity index (χ1v) is 10.1. The molecule has 0 N–H and O–H groups in total. The Morgan fingerprint density at radius 2 is 1.23 bits per heavy atom. The molecule has 2 rings (SSSR count). The fraction of sp³-hybridized carbons (Fsp3) is 0.500. The zero-order chi connectivity index (χ0) is 23.7. The van der Waals surface area contributed by atoms with Crippen molar-refractivity contribution in [2.24, 2.45) is 11.3 Å². The van der Waals surface area contributed by atoms with Crippen LogP contribution in [0, 0.1) is 11.3 Å². The first kappa shape index (κ1) is 25.1. The second-order valence-electron chi connectivity index (χ2n) is 9.26. The van der Waals surface area contributed by atoms with Crippen LogP contribution in [0.15, 0.2) is 54.6 Å². The van der Waals surface area contributed by atoms with E-state index in [0.29, 0.717) is 5.92 Å². The molecule has 0 radical (unpaired) electrons. The van der Waals surface area contributed by atoms with Gasteiger partial charge < -0.3 is 4.74 Å². The summed E-state index contributed by atoms with van der Waals surface area (Å²) in [7, 11) is 0. The van der Waals surface area contributed by atoms with Crippen molar-refractivity contribution in [1.82, 2.24) is 0 Å². The third-order valence-electron chi connectivity index (χ3n) is 5.28. The summed E-state index contributed by atoms with van der Waals surface area (Å²) in [6.45, 7) is 10.3. The molecule has 172 valence electrons. The molecule has 0 aliphatic rings. The fourth-order valence-electron chi connectivity index (χ4n) is 3.74. The van der Waals surface area contributed by atoms with Gasteiger partial charge in [0.15, 0.2) is 0 Å². The van der Waals surface area contributed by atoms with Crippen LogP contribution in [0.1, 0.15) is 58.1 Å². The van der Waals surface area contributed by atoms with E-state index < -0.39 is 29.3 Å². The minimum absolute atomic E-state index is 0.0886. The Morgan fingerprint density at radius 1 is 0.742 bits per heavy atom. The van der Waals surface area contributed by atoms with Gasteiger partial charge >= 0.3 is 18.0 Å². The molecule has 2 aromatic carbocycles. The Labute approximate surface area is 179 Å². The summed E-state index contributed by atoms with van der Waals surface area (Å²) in [6, 6.07) is 10.6. The molecule has 1 unspecified atom stereocenters. The molecule has 31 heavy (non-hydrogen) atoms. The number of rotatable bonds is 6. The Hall–Kier alpha value is -2.18. The second kappa shape index (κ2) is 8.75. The molecule has 0 aliphatic heterocycles. The summed E-state index contributed by atoms with van der Waals surface area (Å²) >= 11 is 0. The largest absolute Gasteiger partial charge is 0.464 e. The van der Waals surface area contributed by atoms with E-state index in [1.807, 2.05) is 0 Å². The van der Waals surface area contributed by atoms with E-state index in [1.54, 1.807) is 12.1 Å². The van der Waals surface area contributed by atoms with Crippen LogP contribution in [0.25, 0.3) is 0 Å². The third kappa shape index (κ3) is 5.36. The summed E-state index contributed by atoms with van der Waals surface area (Å²) in [4.78, 5) is 0. The number of benzene rings is 2. The molecule has 0 saturated heterocycles. The highest BCUT2D eigenvalue weighted by Crippen LogP contribution is 2.53. The molecule has 0 spiro atoms. The quantitative estimate of drug-likeness (QED) is 0.406. The maximum absolute atomic E-state index is 13.9. The molecule has 7 heteroatoms. The summed E-state index contributed by atoms with van der Waals surface area (Å²) < 4.78 is 88.2. The van der Waals surface area contributed by atoms with Crippen molar-refractivity contribution in [2.45, 2.75) is 64.9 Å². The lowest BCUT2D eigenvalue weighted by molar-refractivity contribution is -0.365. The van der Waals surface area contributed by atoms with E-state index >= 15 is 0 Å². The molecule has 0 amide bonds. The monoisotopic (exact) mass is 446 g/mol. The van der Waals surface area contributed by atoms with Gasteiger partial charge in [-0.05, 0) is 41.4 Å². The van der Waals surface area contributed by atoms with Crippen LogP contribution in [0.2, 0.25) is 0 Å². The van der Waals surface area contributed by atoms with Crippen molar-refractivity contribution in [3.8, 4) is 5.75 Å². The topological polar surface area (TPSA) is 9.23 Å². The molecule has 0 fully saturated rings. The summed E-state index contributed by atoms with van der Waals surface area (Å²) in [6.07, 6.45) is -10.6. The van der Waals surface area contributed by atoms with Crippen LogP contribution in [-0.2, 0) is 5.60 Å². The molecular weight excluding hydrogens is 418 g/mol. The number of halogens is 6. The van der Waals surface area contributed by atoms with Gasteiger partial charge in [-0.25, -0.2) is 0 Å². The Bertz CT molecular complexity index is 816.